The molecular weight excluding hydrogens is 671 g/mol. The SMILES string of the molecule is C=C/C=C\C(=C/C)c1ccc(N(c2ccc(-c3ccccc3)cc2)c2ccc3c(c2)C(C)(C)c2cc(-c4ccc5sc6ccccc6c5c4)ccc2-3)cc1. The Bertz CT molecular complexity index is 2740. The van der Waals surface area contributed by atoms with E-state index >= 15 is 0 Å². The summed E-state index contributed by atoms with van der Waals surface area (Å²) in [6.45, 7) is 10.7. The zero-order chi connectivity index (χ0) is 36.8. The summed E-state index contributed by atoms with van der Waals surface area (Å²) in [4.78, 5) is 2.39. The van der Waals surface area contributed by atoms with E-state index in [1.54, 1.807) is 0 Å². The van der Waals surface area contributed by atoms with Crippen molar-refractivity contribution in [1.82, 2.24) is 0 Å². The highest BCUT2D eigenvalue weighted by molar-refractivity contribution is 7.25. The van der Waals surface area contributed by atoms with Crippen LogP contribution >= 0.6 is 11.3 Å². The van der Waals surface area contributed by atoms with E-state index in [2.05, 4.69) is 202 Å². The Morgan fingerprint density at radius 2 is 1.13 bits per heavy atom. The Morgan fingerprint density at radius 3 is 1.87 bits per heavy atom. The van der Waals surface area contributed by atoms with Crippen LogP contribution in [0.3, 0.4) is 0 Å². The van der Waals surface area contributed by atoms with E-state index in [9.17, 15) is 0 Å². The normalized spacial score (nSPS) is 13.4. The summed E-state index contributed by atoms with van der Waals surface area (Å²) in [6.07, 6.45) is 8.05. The number of anilines is 3. The van der Waals surface area contributed by atoms with Gasteiger partial charge in [-0.05, 0) is 123 Å². The van der Waals surface area contributed by atoms with Crippen LogP contribution in [0.4, 0.5) is 17.1 Å². The third-order valence-electron chi connectivity index (χ3n) is 11.0. The van der Waals surface area contributed by atoms with E-state index in [1.807, 2.05) is 23.5 Å². The summed E-state index contributed by atoms with van der Waals surface area (Å²) < 4.78 is 2.67. The number of nitrogens with zero attached hydrogens (tertiary/aromatic N) is 1. The van der Waals surface area contributed by atoms with Crippen LogP contribution in [-0.4, -0.2) is 0 Å². The molecule has 8 aromatic rings. The van der Waals surface area contributed by atoms with Crippen molar-refractivity contribution in [3.8, 4) is 33.4 Å². The van der Waals surface area contributed by atoms with Gasteiger partial charge in [-0.1, -0.05) is 142 Å². The predicted molar refractivity (Wildman–Crippen MR) is 235 cm³/mol. The van der Waals surface area contributed by atoms with Crippen LogP contribution in [0.25, 0.3) is 59.1 Å². The molecule has 260 valence electrons. The minimum atomic E-state index is -0.180. The number of fused-ring (bicyclic) bond motifs is 6. The summed E-state index contributed by atoms with van der Waals surface area (Å²) in [7, 11) is 0. The van der Waals surface area contributed by atoms with Crippen LogP contribution in [0.1, 0.15) is 37.5 Å². The molecule has 7 aromatic carbocycles. The highest BCUT2D eigenvalue weighted by Gasteiger charge is 2.36. The molecule has 54 heavy (non-hydrogen) atoms. The fourth-order valence-corrected chi connectivity index (χ4v) is 9.25. The first-order valence-electron chi connectivity index (χ1n) is 18.7. The molecule has 1 aliphatic carbocycles. The minimum absolute atomic E-state index is 0.180. The summed E-state index contributed by atoms with van der Waals surface area (Å²) >= 11 is 1.87. The number of hydrogen-bond donors (Lipinski definition) is 0. The molecule has 0 aliphatic heterocycles. The number of rotatable bonds is 8. The lowest BCUT2D eigenvalue weighted by molar-refractivity contribution is 0.660. The highest BCUT2D eigenvalue weighted by Crippen LogP contribution is 2.52. The van der Waals surface area contributed by atoms with E-state index in [0.717, 1.165) is 17.1 Å². The molecule has 0 unspecified atom stereocenters. The largest absolute Gasteiger partial charge is 0.310 e. The Labute approximate surface area is 322 Å². The second kappa shape index (κ2) is 13.6. The molecule has 0 saturated heterocycles. The molecule has 0 bridgehead atoms. The van der Waals surface area contributed by atoms with Gasteiger partial charge in [0, 0.05) is 42.6 Å². The second-order valence-corrected chi connectivity index (χ2v) is 15.6. The lowest BCUT2D eigenvalue weighted by Gasteiger charge is -2.28. The standard InChI is InChI=1S/C52H41NS/c1-5-7-13-35(6-2)37-18-24-41(25-19-37)53(42-26-20-38(21-27-42)36-14-9-8-10-15-36)43-28-30-45-44-29-22-40(33-48(44)52(3,4)49(45)34-43)39-23-31-51-47(32-39)46-16-11-12-17-50(46)54-51/h5-34H,1H2,2-4H3/b13-7-,35-6+. The maximum absolute atomic E-state index is 3.85. The van der Waals surface area contributed by atoms with Gasteiger partial charge in [-0.3, -0.25) is 0 Å². The second-order valence-electron chi connectivity index (χ2n) is 14.6. The molecule has 2 heteroatoms. The van der Waals surface area contributed by atoms with Crippen molar-refractivity contribution >= 4 is 54.1 Å². The fraction of sp³-hybridized carbons (Fsp3) is 0.0769. The molecule has 0 saturated carbocycles. The van der Waals surface area contributed by atoms with E-state index in [-0.39, 0.29) is 5.41 Å². The van der Waals surface area contributed by atoms with Crippen molar-refractivity contribution in [2.45, 2.75) is 26.2 Å². The van der Waals surface area contributed by atoms with E-state index < -0.39 is 0 Å². The molecular formula is C52H41NS. The van der Waals surface area contributed by atoms with Crippen LogP contribution < -0.4 is 4.90 Å². The van der Waals surface area contributed by atoms with Gasteiger partial charge in [0.1, 0.15) is 0 Å². The monoisotopic (exact) mass is 711 g/mol. The molecule has 1 aliphatic rings. The molecule has 1 aromatic heterocycles. The highest BCUT2D eigenvalue weighted by atomic mass is 32.1. The Balaban J connectivity index is 1.11. The molecule has 0 radical (unpaired) electrons. The van der Waals surface area contributed by atoms with Gasteiger partial charge in [0.05, 0.1) is 0 Å². The summed E-state index contributed by atoms with van der Waals surface area (Å²) in [5, 5.41) is 2.67. The third kappa shape index (κ3) is 5.80. The van der Waals surface area contributed by atoms with Gasteiger partial charge in [-0.25, -0.2) is 0 Å². The van der Waals surface area contributed by atoms with Gasteiger partial charge >= 0.3 is 0 Å². The molecule has 0 spiro atoms. The van der Waals surface area contributed by atoms with Crippen LogP contribution in [0, 0.1) is 0 Å². The summed E-state index contributed by atoms with van der Waals surface area (Å²) in [6, 6.07) is 58.3. The lowest BCUT2D eigenvalue weighted by Crippen LogP contribution is -2.16. The van der Waals surface area contributed by atoms with Crippen molar-refractivity contribution in [2.24, 2.45) is 0 Å². The minimum Gasteiger partial charge on any atom is -0.310 e. The van der Waals surface area contributed by atoms with Crippen molar-refractivity contribution in [2.75, 3.05) is 4.90 Å². The van der Waals surface area contributed by atoms with Gasteiger partial charge in [-0.2, -0.15) is 0 Å². The molecule has 0 N–H and O–H groups in total. The van der Waals surface area contributed by atoms with Gasteiger partial charge in [-0.15, -0.1) is 11.3 Å². The van der Waals surface area contributed by atoms with Crippen molar-refractivity contribution in [3.63, 3.8) is 0 Å². The Hall–Kier alpha value is -6.22. The van der Waals surface area contributed by atoms with Crippen molar-refractivity contribution in [3.05, 3.63) is 205 Å². The van der Waals surface area contributed by atoms with E-state index in [1.165, 1.54) is 75.8 Å². The van der Waals surface area contributed by atoms with Crippen molar-refractivity contribution in [1.29, 1.82) is 0 Å². The zero-order valence-electron chi connectivity index (χ0n) is 30.9. The molecule has 0 amide bonds. The predicted octanol–water partition coefficient (Wildman–Crippen LogP) is 15.3. The summed E-state index contributed by atoms with van der Waals surface area (Å²) in [5.74, 6) is 0. The maximum atomic E-state index is 3.85. The van der Waals surface area contributed by atoms with Crippen LogP contribution in [0.2, 0.25) is 0 Å². The lowest BCUT2D eigenvalue weighted by atomic mass is 9.81. The third-order valence-corrected chi connectivity index (χ3v) is 12.2. The summed E-state index contributed by atoms with van der Waals surface area (Å²) in [5.41, 5.74) is 15.8. The first-order valence-corrected chi connectivity index (χ1v) is 19.5. The average molecular weight is 712 g/mol. The Morgan fingerprint density at radius 1 is 0.556 bits per heavy atom. The molecule has 0 fully saturated rings. The quantitative estimate of drug-likeness (QED) is 0.142. The average Bonchev–Trinajstić information content (AvgIpc) is 3.70. The van der Waals surface area contributed by atoms with Crippen LogP contribution in [0.5, 0.6) is 0 Å². The molecule has 1 heterocycles. The van der Waals surface area contributed by atoms with Crippen molar-refractivity contribution < 1.29 is 0 Å². The number of allylic oxidation sites excluding steroid dienone is 5. The van der Waals surface area contributed by atoms with Crippen LogP contribution in [0.15, 0.2) is 189 Å². The number of thiophene rings is 1. The first-order chi connectivity index (χ1) is 26.4. The topological polar surface area (TPSA) is 3.24 Å². The molecule has 1 nitrogen and oxygen atoms in total. The molecule has 0 atom stereocenters. The van der Waals surface area contributed by atoms with E-state index in [4.69, 9.17) is 0 Å². The smallest absolute Gasteiger partial charge is 0.0465 e. The fourth-order valence-electron chi connectivity index (χ4n) is 8.16. The van der Waals surface area contributed by atoms with E-state index in [0.29, 0.717) is 0 Å². The molecule has 9 rings (SSSR count). The van der Waals surface area contributed by atoms with Gasteiger partial charge in [0.2, 0.25) is 0 Å². The Kier molecular flexibility index (Phi) is 8.49. The first kappa shape index (κ1) is 33.6. The maximum Gasteiger partial charge on any atom is 0.0465 e. The zero-order valence-corrected chi connectivity index (χ0v) is 31.7. The van der Waals surface area contributed by atoms with Crippen LogP contribution in [-0.2, 0) is 5.41 Å². The number of hydrogen-bond acceptors (Lipinski definition) is 2. The number of benzene rings is 7. The van der Waals surface area contributed by atoms with Gasteiger partial charge in [0.25, 0.3) is 0 Å². The van der Waals surface area contributed by atoms with Gasteiger partial charge < -0.3 is 4.90 Å². The van der Waals surface area contributed by atoms with Gasteiger partial charge in [0.15, 0.2) is 0 Å².